The molecule has 0 unspecified atom stereocenters. The third-order valence-corrected chi connectivity index (χ3v) is 15.2. The number of methoxy groups -OCH3 is 2. The predicted octanol–water partition coefficient (Wildman–Crippen LogP) is 4.06. The largest absolute Gasteiger partial charge is 0.459 e. The summed E-state index contributed by atoms with van der Waals surface area (Å²) in [6.07, 6.45) is -9.59. The molecule has 5 rings (SSSR count). The fourth-order valence-corrected chi connectivity index (χ4v) is 10.7. The molecule has 19 nitrogen and oxygen atoms in total. The summed E-state index contributed by atoms with van der Waals surface area (Å²) in [5.41, 5.74) is -3.83. The Balaban J connectivity index is 1.39. The third-order valence-electron chi connectivity index (χ3n) is 15.2. The average molecular weight is 1020 g/mol. The Morgan fingerprint density at radius 2 is 1.53 bits per heavy atom. The van der Waals surface area contributed by atoms with E-state index in [1.165, 1.54) is 28.1 Å². The van der Waals surface area contributed by atoms with Crippen LogP contribution in [0.3, 0.4) is 0 Å². The van der Waals surface area contributed by atoms with E-state index in [0.717, 1.165) is 10.8 Å². The Bertz CT molecular complexity index is 2130. The highest BCUT2D eigenvalue weighted by Gasteiger charge is 2.54. The van der Waals surface area contributed by atoms with Gasteiger partial charge in [0.2, 0.25) is 11.8 Å². The standard InChI is InChI=1S/C53H84N4O15/c1-15-39-53(10,64)45(61)33(6)48(62)55-29(2)26-51(8,65-13)46(72-50-43(60)38(57(11)12)24-30(3)67-50)31(4)44(32(5)49(63)69-39)71-42-27-52(9,66-14)47(34(7)68-42)70-41(59)22-23-54-28-40(58)56-37-21-20-35-18-16-17-19-36(35)25-37/h16-21,25,29-34,38-39,42-47,50,54,60-61,64H,15,22-24,26-28H2,1-14H3,(H,55,62)(H,56,58)/t29-,30-,31+,32-,33-,34+,38+,39-,42+,43-,44+,45-,46-,47+,50+,51-,52-,53-/m1/s1. The minimum Gasteiger partial charge on any atom is -0.459 e. The number of carbonyl (C=O) groups excluding carboxylic acids is 4. The molecule has 2 aromatic rings. The van der Waals surface area contributed by atoms with Gasteiger partial charge in [0.1, 0.15) is 23.4 Å². The highest BCUT2D eigenvalue weighted by Crippen LogP contribution is 2.41. The fourth-order valence-electron chi connectivity index (χ4n) is 10.7. The number of likely N-dealkylation sites (N-methyl/N-ethyl adjacent to an activating group) is 1. The maximum atomic E-state index is 14.6. The van der Waals surface area contributed by atoms with Crippen LogP contribution < -0.4 is 16.0 Å². The topological polar surface area (TPSA) is 242 Å². The number of nitrogens with one attached hydrogen (secondary N) is 3. The van der Waals surface area contributed by atoms with Gasteiger partial charge < -0.3 is 74.1 Å². The molecule has 2 amide bonds. The number of cyclic esters (lactones) is 1. The van der Waals surface area contributed by atoms with Crippen LogP contribution in [0.2, 0.25) is 0 Å². The van der Waals surface area contributed by atoms with Gasteiger partial charge in [0.15, 0.2) is 18.7 Å². The van der Waals surface area contributed by atoms with Gasteiger partial charge in [-0.15, -0.1) is 0 Å². The van der Waals surface area contributed by atoms with Gasteiger partial charge in [-0.2, -0.15) is 0 Å². The van der Waals surface area contributed by atoms with Crippen LogP contribution in [0.25, 0.3) is 10.8 Å². The van der Waals surface area contributed by atoms with E-state index < -0.39 is 114 Å². The van der Waals surface area contributed by atoms with E-state index in [-0.39, 0.29) is 56.8 Å². The summed E-state index contributed by atoms with van der Waals surface area (Å²) in [7, 11) is 6.74. The molecule has 0 bridgehead atoms. The average Bonchev–Trinajstić information content (AvgIpc) is 3.33. The first kappa shape index (κ1) is 59.0. The van der Waals surface area contributed by atoms with Crippen LogP contribution >= 0.6 is 0 Å². The first-order chi connectivity index (χ1) is 33.8. The number of nitrogens with zero attached hydrogens (tertiary/aromatic N) is 1. The molecule has 0 aliphatic carbocycles. The van der Waals surface area contributed by atoms with Crippen molar-refractivity contribution in [3.63, 3.8) is 0 Å². The van der Waals surface area contributed by atoms with Crippen molar-refractivity contribution in [2.24, 2.45) is 17.8 Å². The van der Waals surface area contributed by atoms with Crippen molar-refractivity contribution in [3.05, 3.63) is 42.5 Å². The molecule has 3 aliphatic heterocycles. The van der Waals surface area contributed by atoms with Crippen LogP contribution in [0, 0.1) is 17.8 Å². The summed E-state index contributed by atoms with van der Waals surface area (Å²) in [6.45, 7) is 17.1. The van der Waals surface area contributed by atoms with Crippen LogP contribution in [0.1, 0.15) is 101 Å². The number of rotatable bonds is 15. The van der Waals surface area contributed by atoms with E-state index in [9.17, 15) is 34.5 Å². The minimum absolute atomic E-state index is 0.0298. The quantitative estimate of drug-likeness (QED) is 0.109. The van der Waals surface area contributed by atoms with E-state index in [1.54, 1.807) is 34.6 Å². The zero-order valence-corrected chi connectivity index (χ0v) is 44.8. The first-order valence-electron chi connectivity index (χ1n) is 25.5. The van der Waals surface area contributed by atoms with Gasteiger partial charge in [0, 0.05) is 50.9 Å². The van der Waals surface area contributed by atoms with E-state index >= 15 is 0 Å². The van der Waals surface area contributed by atoms with Crippen molar-refractivity contribution >= 4 is 40.2 Å². The van der Waals surface area contributed by atoms with Gasteiger partial charge in [0.05, 0.1) is 60.9 Å². The van der Waals surface area contributed by atoms with Crippen LogP contribution in [0.15, 0.2) is 42.5 Å². The number of ether oxygens (including phenoxy) is 8. The predicted molar refractivity (Wildman–Crippen MR) is 268 cm³/mol. The molecule has 6 N–H and O–H groups in total. The number of hydrogen-bond donors (Lipinski definition) is 6. The maximum absolute atomic E-state index is 14.6. The van der Waals surface area contributed by atoms with Gasteiger partial charge in [-0.05, 0) is 105 Å². The minimum atomic E-state index is -2.05. The molecule has 406 valence electrons. The van der Waals surface area contributed by atoms with Crippen molar-refractivity contribution in [3.8, 4) is 0 Å². The third kappa shape index (κ3) is 14.1. The Hall–Kier alpha value is -3.86. The molecule has 19 heteroatoms. The van der Waals surface area contributed by atoms with E-state index in [1.807, 2.05) is 82.2 Å². The summed E-state index contributed by atoms with van der Waals surface area (Å²) < 4.78 is 51.2. The van der Waals surface area contributed by atoms with Crippen molar-refractivity contribution < 1.29 is 72.4 Å². The Labute approximate surface area is 425 Å². The van der Waals surface area contributed by atoms with Crippen molar-refractivity contribution in [2.45, 2.75) is 192 Å². The van der Waals surface area contributed by atoms with Gasteiger partial charge in [-0.3, -0.25) is 19.2 Å². The molecule has 0 spiro atoms. The number of hydrogen-bond acceptors (Lipinski definition) is 17. The van der Waals surface area contributed by atoms with E-state index in [2.05, 4.69) is 16.0 Å². The summed E-state index contributed by atoms with van der Waals surface area (Å²) in [6, 6.07) is 12.6. The normalized spacial score (nSPS) is 38.6. The molecule has 3 aliphatic rings. The number of amides is 2. The molecule has 2 aromatic carbocycles. The number of aliphatic hydroxyl groups excluding tert-OH is 2. The number of aliphatic hydroxyl groups is 3. The second-order valence-electron chi connectivity index (χ2n) is 21.2. The molecule has 3 fully saturated rings. The first-order valence-corrected chi connectivity index (χ1v) is 25.5. The number of benzene rings is 2. The zero-order chi connectivity index (χ0) is 53.5. The lowest BCUT2D eigenvalue weighted by atomic mass is 9.78. The molecule has 72 heavy (non-hydrogen) atoms. The Kier molecular flexibility index (Phi) is 20.6. The molecule has 0 radical (unpaired) electrons. The van der Waals surface area contributed by atoms with Crippen molar-refractivity contribution in [1.82, 2.24) is 15.5 Å². The smallest absolute Gasteiger partial charge is 0.311 e. The van der Waals surface area contributed by atoms with Crippen LogP contribution in [0.4, 0.5) is 5.69 Å². The van der Waals surface area contributed by atoms with Crippen molar-refractivity contribution in [2.75, 3.05) is 46.7 Å². The number of fused-ring (bicyclic) bond motifs is 1. The van der Waals surface area contributed by atoms with E-state index in [0.29, 0.717) is 12.1 Å². The van der Waals surface area contributed by atoms with E-state index in [4.69, 9.17) is 37.9 Å². The molecule has 3 saturated heterocycles. The number of anilines is 1. The molecule has 18 atom stereocenters. The van der Waals surface area contributed by atoms with Gasteiger partial charge in [-0.1, -0.05) is 51.1 Å². The Morgan fingerprint density at radius 1 is 0.875 bits per heavy atom. The summed E-state index contributed by atoms with van der Waals surface area (Å²) in [4.78, 5) is 56.3. The highest BCUT2D eigenvalue weighted by atomic mass is 16.7. The summed E-state index contributed by atoms with van der Waals surface area (Å²) >= 11 is 0. The maximum Gasteiger partial charge on any atom is 0.311 e. The molecule has 0 aromatic heterocycles. The zero-order valence-electron chi connectivity index (χ0n) is 44.8. The SMILES string of the molecule is CC[C@H]1OC(=O)[C@H](C)[C@@H](O[C@H]2C[C@@](C)(OC)[C@@H](OC(=O)CCNCC(=O)Nc3ccc4ccccc4c3)[C@H](C)O2)[C@H](C)[C@@H](O[C@@H]2O[C@H](C)C[C@H](N(C)C)[C@H]2O)[C@](C)(OC)C[C@@H](C)NC(=O)[C@H](C)[C@@H](O)[C@]1(C)O. The lowest BCUT2D eigenvalue weighted by molar-refractivity contribution is -0.320. The molecular formula is C53H84N4O15. The van der Waals surface area contributed by atoms with Crippen LogP contribution in [0.5, 0.6) is 0 Å². The number of esters is 2. The molecule has 0 saturated carbocycles. The van der Waals surface area contributed by atoms with Gasteiger partial charge in [-0.25, -0.2) is 0 Å². The summed E-state index contributed by atoms with van der Waals surface area (Å²) in [5, 5.41) is 46.0. The van der Waals surface area contributed by atoms with Gasteiger partial charge >= 0.3 is 11.9 Å². The van der Waals surface area contributed by atoms with Crippen LogP contribution in [-0.4, -0.2) is 176 Å². The highest BCUT2D eigenvalue weighted by molar-refractivity contribution is 5.95. The van der Waals surface area contributed by atoms with Crippen LogP contribution in [-0.2, 0) is 57.1 Å². The monoisotopic (exact) mass is 1020 g/mol. The van der Waals surface area contributed by atoms with Crippen molar-refractivity contribution in [1.29, 1.82) is 0 Å². The second-order valence-corrected chi connectivity index (χ2v) is 21.2. The molecule has 3 heterocycles. The lowest BCUT2D eigenvalue weighted by Gasteiger charge is -2.50. The fraction of sp³-hybridized carbons (Fsp3) is 0.736. The Morgan fingerprint density at radius 3 is 2.17 bits per heavy atom. The summed E-state index contributed by atoms with van der Waals surface area (Å²) in [5.74, 6) is -5.15. The second kappa shape index (κ2) is 25.1. The lowest BCUT2D eigenvalue weighted by Crippen LogP contribution is -2.61. The van der Waals surface area contributed by atoms with Gasteiger partial charge in [0.25, 0.3) is 0 Å². The number of carbonyl (C=O) groups is 4. The molecular weight excluding hydrogens is 933 g/mol.